The van der Waals surface area contributed by atoms with Crippen molar-refractivity contribution < 1.29 is 79.5 Å². The predicted molar refractivity (Wildman–Crippen MR) is 271 cm³/mol. The number of aliphatic hydroxyl groups excluding tert-OH is 8. The largest absolute Gasteiger partial charge is 0.508 e. The molecule has 2 heterocycles. The highest BCUT2D eigenvalue weighted by Crippen LogP contribution is 2.51. The number of unbranched alkanes of at least 4 members (excludes halogenated alkanes) is 5. The number of aromatic hydroxyl groups is 1. The molecule has 76 heavy (non-hydrogen) atoms. The topological polar surface area (TPSA) is 406 Å². The van der Waals surface area contributed by atoms with Gasteiger partial charge in [-0.25, -0.2) is 0 Å². The number of β-amino-alcohol motifs (C(OH)–C–C–N with tert-alkyl or cyclic N) is 1. The number of likely N-dealkylation sites (tertiary alicyclic amines) is 2. The van der Waals surface area contributed by atoms with Crippen LogP contribution in [0, 0.1) is 28.6 Å². The molecular weight excluding hydrogens is 993 g/mol. The third kappa shape index (κ3) is 17.2. The van der Waals surface area contributed by atoms with Crippen molar-refractivity contribution >= 4 is 41.4 Å². The van der Waals surface area contributed by atoms with Gasteiger partial charge in [0, 0.05) is 32.4 Å². The summed E-state index contributed by atoms with van der Waals surface area (Å²) in [5, 5.41) is 116. The second kappa shape index (κ2) is 29.3. The van der Waals surface area contributed by atoms with Crippen LogP contribution in [0.3, 0.4) is 0 Å². The van der Waals surface area contributed by atoms with E-state index in [1.807, 2.05) is 0 Å². The molecule has 0 spiro atoms. The number of nitrogens with one attached hydrogen (secondary N) is 4. The zero-order chi connectivity index (χ0) is 56.6. The maximum atomic E-state index is 14.4. The number of amides is 7. The summed E-state index contributed by atoms with van der Waals surface area (Å²) >= 11 is 0. The summed E-state index contributed by atoms with van der Waals surface area (Å²) in [5.74, 6) is -6.16. The molecule has 1 unspecified atom stereocenters. The predicted octanol–water partition coefficient (Wildman–Crippen LogP) is -1.54. The molecule has 1 saturated carbocycles. The van der Waals surface area contributed by atoms with Gasteiger partial charge in [-0.05, 0) is 68.6 Å². The van der Waals surface area contributed by atoms with E-state index in [-0.39, 0.29) is 37.1 Å². The van der Waals surface area contributed by atoms with Crippen LogP contribution < -0.4 is 27.0 Å². The standard InChI is InChI=1S/C52H82N8O16/c1-5-28(2)24-29(3)12-10-8-6-7-9-11-13-39(67)55-34(45(54)70)26-38(66)47(72)58-49(74)42-37(65)19-23-59(42)50(75)40(36(64)18-22-53)56-48(73)41(44(69)43(68)31-14-16-32(62)17-15-31)57-46(71)35-25-33(63)27-60(35)51(76)52(20-21-52)30(4)61/h14-17,28-30,33-38,40-44,47,61-66,68-69,72H,5-13,18-21,23-27H2,1-4H3,(H2,54,70)(H,55,67)(H,56,73)(H,57,71)(H,58,74)/t28-,29+,30+,33+,34+,35-,36+,37-,38+,40-,41?,42-,43-,44-,47+/m0/s1. The number of primary amides is 1. The third-order valence-electron chi connectivity index (χ3n) is 15.2. The van der Waals surface area contributed by atoms with Gasteiger partial charge in [-0.3, -0.25) is 33.6 Å². The second-order valence-electron chi connectivity index (χ2n) is 21.2. The number of benzene rings is 1. The highest BCUT2D eigenvalue weighted by molar-refractivity contribution is 5.97. The molecule has 0 bridgehead atoms. The molecule has 0 radical (unpaired) electrons. The Balaban J connectivity index is 1.43. The van der Waals surface area contributed by atoms with E-state index in [1.165, 1.54) is 38.3 Å². The summed E-state index contributed by atoms with van der Waals surface area (Å²) in [6.45, 7) is 7.41. The van der Waals surface area contributed by atoms with Crippen molar-refractivity contribution in [1.29, 1.82) is 5.26 Å². The molecule has 24 nitrogen and oxygen atoms in total. The minimum Gasteiger partial charge on any atom is -0.508 e. The first-order valence-corrected chi connectivity index (χ1v) is 26.6. The van der Waals surface area contributed by atoms with Gasteiger partial charge in [0.1, 0.15) is 54.3 Å². The third-order valence-corrected chi connectivity index (χ3v) is 15.2. The van der Waals surface area contributed by atoms with E-state index >= 15 is 0 Å². The Kier molecular flexibility index (Phi) is 24.3. The Hall–Kier alpha value is -5.52. The van der Waals surface area contributed by atoms with E-state index in [4.69, 9.17) is 5.73 Å². The van der Waals surface area contributed by atoms with E-state index in [9.17, 15) is 84.8 Å². The van der Waals surface area contributed by atoms with E-state index in [0.29, 0.717) is 36.0 Å². The summed E-state index contributed by atoms with van der Waals surface area (Å²) in [7, 11) is 0. The van der Waals surface area contributed by atoms with Crippen LogP contribution in [-0.2, 0) is 33.6 Å². The lowest BCUT2D eigenvalue weighted by molar-refractivity contribution is -0.149. The fourth-order valence-electron chi connectivity index (χ4n) is 10.1. The molecule has 0 aromatic heterocycles. The monoisotopic (exact) mass is 1070 g/mol. The summed E-state index contributed by atoms with van der Waals surface area (Å²) in [5.41, 5.74) is 4.21. The number of nitriles is 1. The number of carbonyl (C=O) groups is 7. The first-order valence-electron chi connectivity index (χ1n) is 26.6. The number of carbonyl (C=O) groups excluding carboxylic acids is 7. The summed E-state index contributed by atoms with van der Waals surface area (Å²) in [6.07, 6.45) is -6.85. The van der Waals surface area contributed by atoms with E-state index in [1.54, 1.807) is 6.07 Å². The van der Waals surface area contributed by atoms with Gasteiger partial charge in [0.2, 0.25) is 41.4 Å². The van der Waals surface area contributed by atoms with Crippen molar-refractivity contribution in [2.45, 2.75) is 210 Å². The lowest BCUT2D eigenvalue weighted by Crippen LogP contribution is -2.64. The van der Waals surface area contributed by atoms with Crippen molar-refractivity contribution in [2.75, 3.05) is 13.1 Å². The molecule has 4 rings (SSSR count). The van der Waals surface area contributed by atoms with Crippen LogP contribution in [0.5, 0.6) is 5.75 Å². The Morgan fingerprint density at radius 3 is 2.01 bits per heavy atom. The fourth-order valence-corrected chi connectivity index (χ4v) is 10.1. The van der Waals surface area contributed by atoms with Crippen molar-refractivity contribution in [3.05, 3.63) is 29.8 Å². The van der Waals surface area contributed by atoms with Crippen molar-refractivity contribution in [3.63, 3.8) is 0 Å². The average molecular weight is 1080 g/mol. The molecule has 426 valence electrons. The molecule has 24 heteroatoms. The Morgan fingerprint density at radius 2 is 1.42 bits per heavy atom. The van der Waals surface area contributed by atoms with Gasteiger partial charge in [-0.15, -0.1) is 0 Å². The first kappa shape index (κ1) is 63.0. The molecule has 7 amide bonds. The smallest absolute Gasteiger partial charge is 0.248 e. The lowest BCUT2D eigenvalue weighted by Gasteiger charge is -2.34. The fraction of sp³-hybridized carbons (Fsp3) is 0.731. The van der Waals surface area contributed by atoms with E-state index in [2.05, 4.69) is 42.0 Å². The van der Waals surface area contributed by atoms with Crippen LogP contribution in [0.25, 0.3) is 0 Å². The molecule has 1 aromatic rings. The number of phenols is 1. The SMILES string of the molecule is CC[C@H](C)C[C@H](C)CCCCCCCCC(=O)N[C@H](C[C@@H](O)[C@@H](O)NC(=O)[C@@H]1[C@@H](O)CCN1C(=O)[C@@H](NC(=O)C(NC(=O)[C@@H]1C[C@@H](O)CN1C(=O)C1([C@@H](C)O)CC1)[C@H](O)[C@@H](O)c1ccc(O)cc1)[C@H](O)CC#N)C(N)=O. The highest BCUT2D eigenvalue weighted by Gasteiger charge is 2.58. The molecule has 2 aliphatic heterocycles. The van der Waals surface area contributed by atoms with Gasteiger partial charge in [-0.2, -0.15) is 5.26 Å². The quantitative estimate of drug-likeness (QED) is 0.0296. The van der Waals surface area contributed by atoms with Crippen LogP contribution in [0.1, 0.15) is 142 Å². The number of hydrogen-bond acceptors (Lipinski definition) is 17. The Morgan fingerprint density at radius 1 is 0.789 bits per heavy atom. The molecule has 15 N–H and O–H groups in total. The summed E-state index contributed by atoms with van der Waals surface area (Å²) in [4.78, 5) is 97.0. The lowest BCUT2D eigenvalue weighted by atomic mass is 9.91. The second-order valence-corrected chi connectivity index (χ2v) is 21.2. The molecule has 3 fully saturated rings. The van der Waals surface area contributed by atoms with Gasteiger partial charge < -0.3 is 82.8 Å². The molecule has 2 saturated heterocycles. The molecule has 15 atom stereocenters. The number of aliphatic hydroxyl groups is 8. The van der Waals surface area contributed by atoms with Gasteiger partial charge in [0.05, 0.1) is 42.3 Å². The number of nitrogens with two attached hydrogens (primary N) is 1. The normalized spacial score (nSPS) is 23.2. The average Bonchev–Trinajstić information content (AvgIpc) is 3.97. The van der Waals surface area contributed by atoms with E-state index < -0.39 is 145 Å². The van der Waals surface area contributed by atoms with Crippen LogP contribution in [0.2, 0.25) is 0 Å². The number of nitrogens with zero attached hydrogens (tertiary/aromatic N) is 3. The van der Waals surface area contributed by atoms with Crippen LogP contribution in [0.15, 0.2) is 24.3 Å². The van der Waals surface area contributed by atoms with Crippen LogP contribution >= 0.6 is 0 Å². The summed E-state index contributed by atoms with van der Waals surface area (Å²) < 4.78 is 0. The van der Waals surface area contributed by atoms with Crippen molar-refractivity contribution in [3.8, 4) is 11.8 Å². The van der Waals surface area contributed by atoms with Gasteiger partial charge in [0.15, 0.2) is 6.23 Å². The van der Waals surface area contributed by atoms with E-state index in [0.717, 1.165) is 49.1 Å². The minimum absolute atomic E-state index is 0.0646. The van der Waals surface area contributed by atoms with Gasteiger partial charge in [0.25, 0.3) is 0 Å². The molecule has 1 aliphatic carbocycles. The van der Waals surface area contributed by atoms with Gasteiger partial charge in [-0.1, -0.05) is 77.8 Å². The van der Waals surface area contributed by atoms with Crippen LogP contribution in [0.4, 0.5) is 0 Å². The van der Waals surface area contributed by atoms with Crippen molar-refractivity contribution in [2.24, 2.45) is 23.0 Å². The Bertz CT molecular complexity index is 2160. The van der Waals surface area contributed by atoms with Gasteiger partial charge >= 0.3 is 0 Å². The minimum atomic E-state index is -2.29. The van der Waals surface area contributed by atoms with Crippen LogP contribution in [-0.4, -0.2) is 183 Å². The number of hydrogen-bond donors (Lipinski definition) is 14. The van der Waals surface area contributed by atoms with Crippen molar-refractivity contribution in [1.82, 2.24) is 31.1 Å². The maximum Gasteiger partial charge on any atom is 0.248 e. The Labute approximate surface area is 443 Å². The molecular formula is C52H82N8O16. The maximum absolute atomic E-state index is 14.4. The number of rotatable bonds is 31. The summed E-state index contributed by atoms with van der Waals surface area (Å²) in [6, 6.07) is -2.90. The highest BCUT2D eigenvalue weighted by atomic mass is 16.3. The first-order chi connectivity index (χ1) is 35.9. The molecule has 3 aliphatic rings. The number of phenolic OH excluding ortho intramolecular Hbond substituents is 1. The molecule has 1 aromatic carbocycles. The zero-order valence-corrected chi connectivity index (χ0v) is 44.0. The zero-order valence-electron chi connectivity index (χ0n) is 44.0.